The predicted octanol–water partition coefficient (Wildman–Crippen LogP) is 2.14. The van der Waals surface area contributed by atoms with Gasteiger partial charge in [0, 0.05) is 5.71 Å². The monoisotopic (exact) mass is 285 g/mol. The number of alkyl halides is 3. The molecule has 5 nitrogen and oxygen atoms in total. The SMILES string of the molecule is CC(=NC(=O)CC(F)(F)F)c1ccc2[nH]c(=O)[nH]c2c1. The van der Waals surface area contributed by atoms with Crippen LogP contribution in [0.25, 0.3) is 11.0 Å². The fourth-order valence-electron chi connectivity index (χ4n) is 1.72. The maximum atomic E-state index is 12.0. The Labute approximate surface area is 110 Å². The molecule has 1 heterocycles. The number of hydrogen-bond acceptors (Lipinski definition) is 2. The van der Waals surface area contributed by atoms with E-state index in [1.54, 1.807) is 12.1 Å². The molecule has 0 fully saturated rings. The van der Waals surface area contributed by atoms with Crippen LogP contribution in [-0.2, 0) is 4.79 Å². The van der Waals surface area contributed by atoms with E-state index in [4.69, 9.17) is 0 Å². The Kier molecular flexibility index (Phi) is 3.47. The Morgan fingerprint density at radius 1 is 1.25 bits per heavy atom. The molecule has 0 aliphatic rings. The number of nitrogens with one attached hydrogen (secondary N) is 2. The highest BCUT2D eigenvalue weighted by atomic mass is 19.4. The quantitative estimate of drug-likeness (QED) is 0.829. The van der Waals surface area contributed by atoms with Gasteiger partial charge in [0.15, 0.2) is 0 Å². The predicted molar refractivity (Wildman–Crippen MR) is 66.8 cm³/mol. The first-order valence-electron chi connectivity index (χ1n) is 5.62. The van der Waals surface area contributed by atoms with Crippen molar-refractivity contribution in [2.24, 2.45) is 4.99 Å². The van der Waals surface area contributed by atoms with Gasteiger partial charge in [-0.1, -0.05) is 6.07 Å². The van der Waals surface area contributed by atoms with Crippen molar-refractivity contribution in [2.75, 3.05) is 0 Å². The number of nitrogens with zero attached hydrogens (tertiary/aromatic N) is 1. The second-order valence-electron chi connectivity index (χ2n) is 4.22. The maximum Gasteiger partial charge on any atom is 0.397 e. The second kappa shape index (κ2) is 4.95. The molecule has 1 aromatic heterocycles. The van der Waals surface area contributed by atoms with E-state index in [9.17, 15) is 22.8 Å². The van der Waals surface area contributed by atoms with Crippen LogP contribution in [-0.4, -0.2) is 27.8 Å². The number of imidazole rings is 1. The lowest BCUT2D eigenvalue weighted by atomic mass is 10.1. The smallest absolute Gasteiger partial charge is 0.306 e. The highest BCUT2D eigenvalue weighted by Crippen LogP contribution is 2.20. The van der Waals surface area contributed by atoms with Crippen molar-refractivity contribution in [3.8, 4) is 0 Å². The van der Waals surface area contributed by atoms with E-state index in [0.717, 1.165) is 0 Å². The van der Waals surface area contributed by atoms with Gasteiger partial charge in [0.2, 0.25) is 0 Å². The number of halogens is 3. The van der Waals surface area contributed by atoms with Gasteiger partial charge in [0.25, 0.3) is 5.91 Å². The van der Waals surface area contributed by atoms with Gasteiger partial charge in [-0.05, 0) is 24.6 Å². The minimum absolute atomic E-state index is 0.156. The van der Waals surface area contributed by atoms with Gasteiger partial charge >= 0.3 is 11.9 Å². The maximum absolute atomic E-state index is 12.0. The number of fused-ring (bicyclic) bond motifs is 1. The van der Waals surface area contributed by atoms with Crippen molar-refractivity contribution in [3.05, 3.63) is 34.2 Å². The molecule has 0 aliphatic carbocycles. The third kappa shape index (κ3) is 3.34. The van der Waals surface area contributed by atoms with Crippen molar-refractivity contribution in [1.82, 2.24) is 9.97 Å². The van der Waals surface area contributed by atoms with Crippen LogP contribution in [0.1, 0.15) is 18.9 Å². The van der Waals surface area contributed by atoms with Crippen LogP contribution < -0.4 is 5.69 Å². The second-order valence-corrected chi connectivity index (χ2v) is 4.22. The fourth-order valence-corrected chi connectivity index (χ4v) is 1.72. The number of rotatable bonds is 2. The van der Waals surface area contributed by atoms with Crippen molar-refractivity contribution >= 4 is 22.7 Å². The van der Waals surface area contributed by atoms with Crippen molar-refractivity contribution in [1.29, 1.82) is 0 Å². The highest BCUT2D eigenvalue weighted by Gasteiger charge is 2.31. The van der Waals surface area contributed by atoms with Crippen molar-refractivity contribution < 1.29 is 18.0 Å². The molecule has 2 N–H and O–H groups in total. The van der Waals surface area contributed by atoms with Crippen LogP contribution >= 0.6 is 0 Å². The molecule has 0 saturated carbocycles. The fraction of sp³-hybridized carbons (Fsp3) is 0.250. The Morgan fingerprint density at radius 2 is 1.90 bits per heavy atom. The first-order chi connectivity index (χ1) is 9.24. The third-order valence-electron chi connectivity index (χ3n) is 2.58. The molecule has 2 aromatic rings. The summed E-state index contributed by atoms with van der Waals surface area (Å²) in [7, 11) is 0. The van der Waals surface area contributed by atoms with Crippen LogP contribution in [0.4, 0.5) is 13.2 Å². The summed E-state index contributed by atoms with van der Waals surface area (Å²) in [4.78, 5) is 30.7. The third-order valence-corrected chi connectivity index (χ3v) is 2.58. The summed E-state index contributed by atoms with van der Waals surface area (Å²) in [6, 6.07) is 4.68. The number of benzene rings is 1. The van der Waals surface area contributed by atoms with Gasteiger partial charge in [-0.15, -0.1) is 0 Å². The number of hydrogen-bond donors (Lipinski definition) is 2. The zero-order valence-corrected chi connectivity index (χ0v) is 10.3. The number of H-pyrrole nitrogens is 2. The van der Waals surface area contributed by atoms with Crippen LogP contribution in [0.5, 0.6) is 0 Å². The molecule has 2 rings (SSSR count). The molecule has 106 valence electrons. The summed E-state index contributed by atoms with van der Waals surface area (Å²) in [6.45, 7) is 1.43. The molecule has 0 aliphatic heterocycles. The van der Waals surface area contributed by atoms with Crippen LogP contribution in [0.15, 0.2) is 28.0 Å². The molecule has 0 atom stereocenters. The van der Waals surface area contributed by atoms with Crippen molar-refractivity contribution in [3.63, 3.8) is 0 Å². The molecular weight excluding hydrogens is 275 g/mol. The van der Waals surface area contributed by atoms with Gasteiger partial charge in [-0.25, -0.2) is 9.79 Å². The van der Waals surface area contributed by atoms with Crippen LogP contribution in [0.3, 0.4) is 0 Å². The number of amides is 1. The lowest BCUT2D eigenvalue weighted by Crippen LogP contribution is -2.14. The van der Waals surface area contributed by atoms with Gasteiger partial charge < -0.3 is 9.97 Å². The summed E-state index contributed by atoms with van der Waals surface area (Å²) < 4.78 is 36.1. The zero-order chi connectivity index (χ0) is 14.9. The summed E-state index contributed by atoms with van der Waals surface area (Å²) in [6.07, 6.45) is -6.16. The largest absolute Gasteiger partial charge is 0.397 e. The number of aromatic amines is 2. The van der Waals surface area contributed by atoms with E-state index in [2.05, 4.69) is 15.0 Å². The molecular formula is C12H10F3N3O2. The molecule has 0 radical (unpaired) electrons. The van der Waals surface area contributed by atoms with Crippen molar-refractivity contribution in [2.45, 2.75) is 19.5 Å². The minimum Gasteiger partial charge on any atom is -0.306 e. The highest BCUT2D eigenvalue weighted by molar-refractivity contribution is 6.06. The summed E-state index contributed by atoms with van der Waals surface area (Å²) in [5.74, 6) is -1.25. The lowest BCUT2D eigenvalue weighted by Gasteiger charge is -2.03. The molecule has 1 amide bonds. The molecule has 1 aromatic carbocycles. The summed E-state index contributed by atoms with van der Waals surface area (Å²) >= 11 is 0. The van der Waals surface area contributed by atoms with Gasteiger partial charge in [0.05, 0.1) is 11.0 Å². The number of carbonyl (C=O) groups is 1. The standard InChI is InChI=1S/C12H10F3N3O2/c1-6(16-10(19)5-12(13,14)15)7-2-3-8-9(4-7)18-11(20)17-8/h2-4H,5H2,1H3,(H2,17,18,20). The molecule has 8 heteroatoms. The minimum atomic E-state index is -4.57. The van der Waals surface area contributed by atoms with E-state index in [0.29, 0.717) is 16.6 Å². The van der Waals surface area contributed by atoms with Gasteiger partial charge in [0.1, 0.15) is 6.42 Å². The normalized spacial score (nSPS) is 12.9. The van der Waals surface area contributed by atoms with Gasteiger partial charge in [-0.3, -0.25) is 4.79 Å². The molecule has 0 saturated heterocycles. The molecule has 0 bridgehead atoms. The number of aromatic nitrogens is 2. The summed E-state index contributed by atoms with van der Waals surface area (Å²) in [5, 5.41) is 0. The Bertz CT molecular complexity index is 740. The first kappa shape index (κ1) is 14.0. The number of aliphatic imine (C=N–C) groups is 1. The Balaban J connectivity index is 2.28. The topological polar surface area (TPSA) is 78.1 Å². The summed E-state index contributed by atoms with van der Waals surface area (Å²) in [5.41, 5.74) is 1.28. The van der Waals surface area contributed by atoms with E-state index in [-0.39, 0.29) is 11.4 Å². The lowest BCUT2D eigenvalue weighted by molar-refractivity contribution is -0.151. The van der Waals surface area contributed by atoms with E-state index < -0.39 is 18.5 Å². The Hall–Kier alpha value is -2.38. The first-order valence-corrected chi connectivity index (χ1v) is 5.62. The van der Waals surface area contributed by atoms with Crippen LogP contribution in [0, 0.1) is 0 Å². The van der Waals surface area contributed by atoms with E-state index in [1.165, 1.54) is 13.0 Å². The zero-order valence-electron chi connectivity index (χ0n) is 10.3. The van der Waals surface area contributed by atoms with E-state index in [1.807, 2.05) is 0 Å². The Morgan fingerprint density at radius 3 is 2.55 bits per heavy atom. The van der Waals surface area contributed by atoms with Gasteiger partial charge in [-0.2, -0.15) is 13.2 Å². The molecule has 0 spiro atoms. The average Bonchev–Trinajstić information content (AvgIpc) is 2.64. The van der Waals surface area contributed by atoms with E-state index >= 15 is 0 Å². The molecule has 0 unspecified atom stereocenters. The average molecular weight is 285 g/mol. The van der Waals surface area contributed by atoms with Crippen LogP contribution in [0.2, 0.25) is 0 Å². The molecule has 20 heavy (non-hydrogen) atoms. The number of carbonyl (C=O) groups excluding carboxylic acids is 1.